The van der Waals surface area contributed by atoms with Crippen molar-refractivity contribution in [3.63, 3.8) is 0 Å². The summed E-state index contributed by atoms with van der Waals surface area (Å²) in [6.07, 6.45) is 3.85. The first-order chi connectivity index (χ1) is 11.8. The summed E-state index contributed by atoms with van der Waals surface area (Å²) in [5.74, 6) is 1.32. The van der Waals surface area contributed by atoms with Crippen molar-refractivity contribution in [2.24, 2.45) is 0 Å². The molecule has 0 radical (unpaired) electrons. The second kappa shape index (κ2) is 8.52. The maximum absolute atomic E-state index is 12.1. The number of carbonyl (C=O) groups is 1. The molecule has 6 nitrogen and oxygen atoms in total. The number of ether oxygens (including phenoxy) is 2. The monoisotopic (exact) mass is 330 g/mol. The minimum absolute atomic E-state index is 0.130. The molecule has 1 unspecified atom stereocenters. The fourth-order valence-corrected chi connectivity index (χ4v) is 2.56. The van der Waals surface area contributed by atoms with Gasteiger partial charge in [0.05, 0.1) is 31.1 Å². The number of para-hydroxylation sites is 2. The number of hydrogen-bond acceptors (Lipinski definition) is 5. The Morgan fingerprint density at radius 2 is 2.17 bits per heavy atom. The summed E-state index contributed by atoms with van der Waals surface area (Å²) < 4.78 is 16.6. The molecule has 1 aromatic carbocycles. The molecule has 1 aromatic heterocycles. The second-order valence-electron chi connectivity index (χ2n) is 5.67. The zero-order valence-corrected chi connectivity index (χ0v) is 13.5. The number of benzene rings is 1. The van der Waals surface area contributed by atoms with Gasteiger partial charge in [0.25, 0.3) is 0 Å². The van der Waals surface area contributed by atoms with E-state index in [2.05, 4.69) is 10.6 Å². The van der Waals surface area contributed by atoms with E-state index in [1.165, 1.54) is 0 Å². The molecule has 1 aliphatic heterocycles. The number of carbonyl (C=O) groups excluding carboxylic acids is 1. The van der Waals surface area contributed by atoms with Gasteiger partial charge in [-0.3, -0.25) is 4.79 Å². The van der Waals surface area contributed by atoms with Crippen molar-refractivity contribution in [2.45, 2.75) is 25.5 Å². The van der Waals surface area contributed by atoms with Gasteiger partial charge in [0, 0.05) is 6.61 Å². The Morgan fingerprint density at radius 1 is 1.25 bits per heavy atom. The molecule has 1 aliphatic rings. The Kier molecular flexibility index (Phi) is 5.87. The molecule has 2 heterocycles. The highest BCUT2D eigenvalue weighted by Gasteiger charge is 2.17. The SMILES string of the molecule is O=C(CNCc1ccco1)Nc1ccccc1OCC1CCCO1. The van der Waals surface area contributed by atoms with Gasteiger partial charge in [-0.05, 0) is 37.1 Å². The summed E-state index contributed by atoms with van der Waals surface area (Å²) in [5, 5.41) is 5.91. The van der Waals surface area contributed by atoms with Crippen molar-refractivity contribution in [3.05, 3.63) is 48.4 Å². The summed E-state index contributed by atoms with van der Waals surface area (Å²) in [4.78, 5) is 12.1. The lowest BCUT2D eigenvalue weighted by molar-refractivity contribution is -0.115. The molecule has 0 aliphatic carbocycles. The quantitative estimate of drug-likeness (QED) is 0.778. The largest absolute Gasteiger partial charge is 0.489 e. The molecule has 2 aromatic rings. The van der Waals surface area contributed by atoms with E-state index in [1.54, 1.807) is 6.26 Å². The van der Waals surface area contributed by atoms with Crippen LogP contribution in [0.25, 0.3) is 0 Å². The van der Waals surface area contributed by atoms with E-state index in [0.29, 0.717) is 24.6 Å². The summed E-state index contributed by atoms with van der Waals surface area (Å²) in [5.41, 5.74) is 0.667. The predicted octanol–water partition coefficient (Wildman–Crippen LogP) is 2.57. The lowest BCUT2D eigenvalue weighted by atomic mass is 10.2. The van der Waals surface area contributed by atoms with Crippen LogP contribution in [0.4, 0.5) is 5.69 Å². The van der Waals surface area contributed by atoms with Crippen molar-refractivity contribution >= 4 is 11.6 Å². The maximum atomic E-state index is 12.1. The number of furan rings is 1. The van der Waals surface area contributed by atoms with Gasteiger partial charge in [-0.25, -0.2) is 0 Å². The molecule has 6 heteroatoms. The van der Waals surface area contributed by atoms with Crippen molar-refractivity contribution in [1.82, 2.24) is 5.32 Å². The molecular formula is C18H22N2O4. The third-order valence-corrected chi connectivity index (χ3v) is 3.77. The van der Waals surface area contributed by atoms with Crippen molar-refractivity contribution in [1.29, 1.82) is 0 Å². The Hall–Kier alpha value is -2.31. The highest BCUT2D eigenvalue weighted by molar-refractivity contribution is 5.93. The fraction of sp³-hybridized carbons (Fsp3) is 0.389. The van der Waals surface area contributed by atoms with Crippen LogP contribution in [-0.4, -0.2) is 31.8 Å². The minimum Gasteiger partial charge on any atom is -0.489 e. The van der Waals surface area contributed by atoms with Gasteiger partial charge in [0.2, 0.25) is 5.91 Å². The van der Waals surface area contributed by atoms with Crippen LogP contribution < -0.4 is 15.4 Å². The fourth-order valence-electron chi connectivity index (χ4n) is 2.56. The predicted molar refractivity (Wildman–Crippen MR) is 90.0 cm³/mol. The zero-order valence-electron chi connectivity index (χ0n) is 13.5. The molecule has 0 bridgehead atoms. The van der Waals surface area contributed by atoms with Gasteiger partial charge in [-0.2, -0.15) is 0 Å². The Morgan fingerprint density at radius 3 is 2.96 bits per heavy atom. The van der Waals surface area contributed by atoms with Crippen LogP contribution in [0.5, 0.6) is 5.75 Å². The molecular weight excluding hydrogens is 308 g/mol. The Labute approximate surface area is 141 Å². The maximum Gasteiger partial charge on any atom is 0.238 e. The number of hydrogen-bond donors (Lipinski definition) is 2. The molecule has 0 saturated carbocycles. The number of rotatable bonds is 8. The molecule has 128 valence electrons. The molecule has 3 rings (SSSR count). The van der Waals surface area contributed by atoms with Crippen molar-refractivity contribution < 1.29 is 18.7 Å². The molecule has 2 N–H and O–H groups in total. The van der Waals surface area contributed by atoms with Crippen LogP contribution in [-0.2, 0) is 16.1 Å². The van der Waals surface area contributed by atoms with E-state index in [1.807, 2.05) is 36.4 Å². The summed E-state index contributed by atoms with van der Waals surface area (Å²) >= 11 is 0. The molecule has 24 heavy (non-hydrogen) atoms. The van der Waals surface area contributed by atoms with Gasteiger partial charge in [-0.15, -0.1) is 0 Å². The summed E-state index contributed by atoms with van der Waals surface area (Å²) in [7, 11) is 0. The van der Waals surface area contributed by atoms with Crippen molar-refractivity contribution in [2.75, 3.05) is 25.1 Å². The van der Waals surface area contributed by atoms with Gasteiger partial charge in [0.1, 0.15) is 18.1 Å². The van der Waals surface area contributed by atoms with E-state index < -0.39 is 0 Å². The van der Waals surface area contributed by atoms with Gasteiger partial charge in [0.15, 0.2) is 0 Å². The van der Waals surface area contributed by atoms with Crippen molar-refractivity contribution in [3.8, 4) is 5.75 Å². The molecule has 1 atom stereocenters. The summed E-state index contributed by atoms with van der Waals surface area (Å²) in [6, 6.07) is 11.1. The van der Waals surface area contributed by atoms with Crippen LogP contribution in [0.3, 0.4) is 0 Å². The summed E-state index contributed by atoms with van der Waals surface area (Å²) in [6.45, 7) is 2.01. The van der Waals surface area contributed by atoms with E-state index >= 15 is 0 Å². The molecule has 1 saturated heterocycles. The minimum atomic E-state index is -0.130. The first-order valence-electron chi connectivity index (χ1n) is 8.17. The van der Waals surface area contributed by atoms with Crippen LogP contribution in [0.15, 0.2) is 47.1 Å². The first kappa shape index (κ1) is 16.5. The van der Waals surface area contributed by atoms with Crippen LogP contribution >= 0.6 is 0 Å². The topological polar surface area (TPSA) is 72.7 Å². The highest BCUT2D eigenvalue weighted by atomic mass is 16.5. The number of nitrogens with one attached hydrogen (secondary N) is 2. The molecule has 0 spiro atoms. The van der Waals surface area contributed by atoms with E-state index in [0.717, 1.165) is 25.2 Å². The van der Waals surface area contributed by atoms with E-state index in [4.69, 9.17) is 13.9 Å². The second-order valence-corrected chi connectivity index (χ2v) is 5.67. The van der Waals surface area contributed by atoms with Crippen LogP contribution in [0.1, 0.15) is 18.6 Å². The van der Waals surface area contributed by atoms with Gasteiger partial charge in [-0.1, -0.05) is 12.1 Å². The standard InChI is InChI=1S/C18H22N2O4/c21-18(12-19-11-14-5-3-9-22-14)20-16-7-1-2-8-17(16)24-13-15-6-4-10-23-15/h1-3,5,7-9,15,19H,4,6,10-13H2,(H,20,21). The van der Waals surface area contributed by atoms with E-state index in [-0.39, 0.29) is 18.6 Å². The Bertz CT molecular complexity index is 636. The third kappa shape index (κ3) is 4.84. The molecule has 1 fully saturated rings. The van der Waals surface area contributed by atoms with Gasteiger partial charge >= 0.3 is 0 Å². The average molecular weight is 330 g/mol. The smallest absolute Gasteiger partial charge is 0.238 e. The zero-order chi connectivity index (χ0) is 16.6. The molecule has 1 amide bonds. The average Bonchev–Trinajstić information content (AvgIpc) is 3.28. The Balaban J connectivity index is 1.47. The highest BCUT2D eigenvalue weighted by Crippen LogP contribution is 2.25. The van der Waals surface area contributed by atoms with Gasteiger partial charge < -0.3 is 24.5 Å². The van der Waals surface area contributed by atoms with Crippen LogP contribution in [0.2, 0.25) is 0 Å². The lowest BCUT2D eigenvalue weighted by Crippen LogP contribution is -2.28. The number of anilines is 1. The van der Waals surface area contributed by atoms with Crippen LogP contribution in [0, 0.1) is 0 Å². The first-order valence-corrected chi connectivity index (χ1v) is 8.17. The normalized spacial score (nSPS) is 16.9. The van der Waals surface area contributed by atoms with E-state index in [9.17, 15) is 4.79 Å². The lowest BCUT2D eigenvalue weighted by Gasteiger charge is -2.15. The third-order valence-electron chi connectivity index (χ3n) is 3.77. The number of amides is 1.